The molecule has 74 valence electrons. The smallest absolute Gasteiger partial charge is 0.0136 e. The molecule has 1 nitrogen and oxygen atoms in total. The Morgan fingerprint density at radius 1 is 1.21 bits per heavy atom. The molecule has 0 spiro atoms. The SMILES string of the molecule is Ic1cccc(C=C2CCNCC2)c1. The first-order valence-electron chi connectivity index (χ1n) is 5.00. The Hall–Kier alpha value is -0.350. The molecule has 0 bridgehead atoms. The molecule has 0 saturated carbocycles. The number of rotatable bonds is 1. The van der Waals surface area contributed by atoms with Crippen LogP contribution in [0.3, 0.4) is 0 Å². The highest BCUT2D eigenvalue weighted by Crippen LogP contribution is 2.16. The van der Waals surface area contributed by atoms with Gasteiger partial charge in [0.05, 0.1) is 0 Å². The molecule has 1 N–H and O–H groups in total. The minimum atomic E-state index is 1.13. The summed E-state index contributed by atoms with van der Waals surface area (Å²) in [5.74, 6) is 0. The molecule has 0 amide bonds. The second kappa shape index (κ2) is 4.94. The zero-order chi connectivity index (χ0) is 9.80. The summed E-state index contributed by atoms with van der Waals surface area (Å²) in [4.78, 5) is 0. The number of benzene rings is 1. The van der Waals surface area contributed by atoms with Crippen molar-refractivity contribution in [2.24, 2.45) is 0 Å². The zero-order valence-corrected chi connectivity index (χ0v) is 10.3. The first kappa shape index (κ1) is 10.2. The van der Waals surface area contributed by atoms with E-state index in [1.165, 1.54) is 22.0 Å². The van der Waals surface area contributed by atoms with Gasteiger partial charge in [-0.1, -0.05) is 23.8 Å². The monoisotopic (exact) mass is 299 g/mol. The minimum Gasteiger partial charge on any atom is -0.316 e. The van der Waals surface area contributed by atoms with Crippen molar-refractivity contribution >= 4 is 28.7 Å². The Balaban J connectivity index is 2.15. The maximum atomic E-state index is 3.37. The zero-order valence-electron chi connectivity index (χ0n) is 8.09. The standard InChI is InChI=1S/C12H14IN/c13-12-3-1-2-11(9-12)8-10-4-6-14-7-5-10/h1-3,8-9,14H,4-7H2. The highest BCUT2D eigenvalue weighted by Gasteiger charge is 2.03. The molecular weight excluding hydrogens is 285 g/mol. The summed E-state index contributed by atoms with van der Waals surface area (Å²) in [7, 11) is 0. The second-order valence-electron chi connectivity index (χ2n) is 3.61. The topological polar surface area (TPSA) is 12.0 Å². The molecule has 1 aromatic carbocycles. The fourth-order valence-electron chi connectivity index (χ4n) is 1.72. The number of hydrogen-bond donors (Lipinski definition) is 1. The molecule has 2 rings (SSSR count). The van der Waals surface area contributed by atoms with E-state index in [2.05, 4.69) is 58.2 Å². The molecular formula is C12H14IN. The predicted molar refractivity (Wildman–Crippen MR) is 69.2 cm³/mol. The van der Waals surface area contributed by atoms with Crippen LogP contribution in [-0.2, 0) is 0 Å². The van der Waals surface area contributed by atoms with Crippen LogP contribution in [0.5, 0.6) is 0 Å². The van der Waals surface area contributed by atoms with Crippen LogP contribution in [0, 0.1) is 3.57 Å². The van der Waals surface area contributed by atoms with Gasteiger partial charge in [0, 0.05) is 3.57 Å². The van der Waals surface area contributed by atoms with E-state index in [1.54, 1.807) is 5.57 Å². The van der Waals surface area contributed by atoms with E-state index in [1.807, 2.05) is 0 Å². The third-order valence-corrected chi connectivity index (χ3v) is 3.14. The van der Waals surface area contributed by atoms with Gasteiger partial charge in [0.2, 0.25) is 0 Å². The van der Waals surface area contributed by atoms with Crippen molar-refractivity contribution in [3.8, 4) is 0 Å². The lowest BCUT2D eigenvalue weighted by molar-refractivity contribution is 0.613. The average Bonchev–Trinajstić information content (AvgIpc) is 2.19. The Kier molecular flexibility index (Phi) is 3.59. The van der Waals surface area contributed by atoms with Gasteiger partial charge >= 0.3 is 0 Å². The summed E-state index contributed by atoms with van der Waals surface area (Å²) in [5, 5.41) is 3.37. The van der Waals surface area contributed by atoms with Gasteiger partial charge in [-0.25, -0.2) is 0 Å². The quantitative estimate of drug-likeness (QED) is 0.786. The Labute approximate surface area is 98.7 Å². The summed E-state index contributed by atoms with van der Waals surface area (Å²) in [5.41, 5.74) is 2.92. The molecule has 1 aliphatic rings. The van der Waals surface area contributed by atoms with Crippen LogP contribution in [0.2, 0.25) is 0 Å². The van der Waals surface area contributed by atoms with Crippen LogP contribution in [0.4, 0.5) is 0 Å². The van der Waals surface area contributed by atoms with E-state index >= 15 is 0 Å². The Morgan fingerprint density at radius 3 is 2.71 bits per heavy atom. The maximum Gasteiger partial charge on any atom is 0.0136 e. The fourth-order valence-corrected chi connectivity index (χ4v) is 2.29. The summed E-state index contributed by atoms with van der Waals surface area (Å²) >= 11 is 2.36. The molecule has 0 unspecified atom stereocenters. The summed E-state index contributed by atoms with van der Waals surface area (Å²) in [6, 6.07) is 8.66. The van der Waals surface area contributed by atoms with Gasteiger partial charge in [0.1, 0.15) is 0 Å². The van der Waals surface area contributed by atoms with Gasteiger partial charge in [0.25, 0.3) is 0 Å². The summed E-state index contributed by atoms with van der Waals surface area (Å²) in [6.07, 6.45) is 4.74. The van der Waals surface area contributed by atoms with Crippen LogP contribution in [0.1, 0.15) is 18.4 Å². The molecule has 1 saturated heterocycles. The highest BCUT2D eigenvalue weighted by atomic mass is 127. The molecule has 1 aliphatic heterocycles. The Morgan fingerprint density at radius 2 is 2.00 bits per heavy atom. The Bertz CT molecular complexity index is 336. The van der Waals surface area contributed by atoms with Crippen molar-refractivity contribution in [2.45, 2.75) is 12.8 Å². The van der Waals surface area contributed by atoms with Crippen molar-refractivity contribution in [1.82, 2.24) is 5.32 Å². The first-order valence-corrected chi connectivity index (χ1v) is 6.08. The second-order valence-corrected chi connectivity index (χ2v) is 4.85. The molecule has 0 aliphatic carbocycles. The van der Waals surface area contributed by atoms with Crippen LogP contribution in [0.15, 0.2) is 29.8 Å². The van der Waals surface area contributed by atoms with E-state index in [9.17, 15) is 0 Å². The van der Waals surface area contributed by atoms with Crippen LogP contribution < -0.4 is 5.32 Å². The third-order valence-electron chi connectivity index (χ3n) is 2.47. The summed E-state index contributed by atoms with van der Waals surface area (Å²) < 4.78 is 1.31. The first-order chi connectivity index (χ1) is 6.84. The molecule has 0 aromatic heterocycles. The number of hydrogen-bond acceptors (Lipinski definition) is 1. The van der Waals surface area contributed by atoms with Gasteiger partial charge in [-0.05, 0) is 66.2 Å². The third kappa shape index (κ3) is 2.82. The van der Waals surface area contributed by atoms with Crippen molar-refractivity contribution in [3.05, 3.63) is 39.0 Å². The van der Waals surface area contributed by atoms with Gasteiger partial charge in [0.15, 0.2) is 0 Å². The molecule has 14 heavy (non-hydrogen) atoms. The minimum absolute atomic E-state index is 1.13. The van der Waals surface area contributed by atoms with E-state index in [0.717, 1.165) is 13.1 Å². The number of nitrogens with one attached hydrogen (secondary N) is 1. The van der Waals surface area contributed by atoms with Crippen molar-refractivity contribution < 1.29 is 0 Å². The van der Waals surface area contributed by atoms with E-state index < -0.39 is 0 Å². The van der Waals surface area contributed by atoms with Crippen molar-refractivity contribution in [2.75, 3.05) is 13.1 Å². The van der Waals surface area contributed by atoms with E-state index in [4.69, 9.17) is 0 Å². The molecule has 0 radical (unpaired) electrons. The number of piperidine rings is 1. The normalized spacial score (nSPS) is 16.8. The molecule has 1 fully saturated rings. The van der Waals surface area contributed by atoms with Gasteiger partial charge in [-0.3, -0.25) is 0 Å². The van der Waals surface area contributed by atoms with Crippen LogP contribution >= 0.6 is 22.6 Å². The predicted octanol–water partition coefficient (Wildman–Crippen LogP) is 3.06. The summed E-state index contributed by atoms with van der Waals surface area (Å²) in [6.45, 7) is 2.27. The largest absolute Gasteiger partial charge is 0.316 e. The van der Waals surface area contributed by atoms with E-state index in [-0.39, 0.29) is 0 Å². The lowest BCUT2D eigenvalue weighted by atomic mass is 10.0. The van der Waals surface area contributed by atoms with Gasteiger partial charge < -0.3 is 5.32 Å². The highest BCUT2D eigenvalue weighted by molar-refractivity contribution is 14.1. The van der Waals surface area contributed by atoms with Crippen molar-refractivity contribution in [3.63, 3.8) is 0 Å². The van der Waals surface area contributed by atoms with Crippen LogP contribution in [0.25, 0.3) is 6.08 Å². The van der Waals surface area contributed by atoms with E-state index in [0.29, 0.717) is 0 Å². The molecule has 1 heterocycles. The van der Waals surface area contributed by atoms with Gasteiger partial charge in [-0.2, -0.15) is 0 Å². The molecule has 2 heteroatoms. The average molecular weight is 299 g/mol. The number of halogens is 1. The molecule has 0 atom stereocenters. The lowest BCUT2D eigenvalue weighted by Crippen LogP contribution is -2.22. The van der Waals surface area contributed by atoms with Crippen molar-refractivity contribution in [1.29, 1.82) is 0 Å². The van der Waals surface area contributed by atoms with Gasteiger partial charge in [-0.15, -0.1) is 0 Å². The van der Waals surface area contributed by atoms with Crippen LogP contribution in [-0.4, -0.2) is 13.1 Å². The fraction of sp³-hybridized carbons (Fsp3) is 0.333. The maximum absolute atomic E-state index is 3.37. The lowest BCUT2D eigenvalue weighted by Gasteiger charge is -2.15. The molecule has 1 aromatic rings.